The molecule has 15 heavy (non-hydrogen) atoms. The Morgan fingerprint density at radius 3 is 2.53 bits per heavy atom. The van der Waals surface area contributed by atoms with Gasteiger partial charge in [-0.05, 0) is 12.8 Å². The van der Waals surface area contributed by atoms with Crippen molar-refractivity contribution in [2.24, 2.45) is 0 Å². The second-order valence-corrected chi connectivity index (χ2v) is 3.87. The summed E-state index contributed by atoms with van der Waals surface area (Å²) in [5.74, 6) is -0.870. The van der Waals surface area contributed by atoms with E-state index in [9.17, 15) is 9.59 Å². The summed E-state index contributed by atoms with van der Waals surface area (Å²) >= 11 is 0. The van der Waals surface area contributed by atoms with Crippen LogP contribution in [0.15, 0.2) is 11.6 Å². The smallest absolute Gasteiger partial charge is 0.341 e. The van der Waals surface area contributed by atoms with Crippen molar-refractivity contribution in [2.75, 3.05) is 0 Å². The maximum absolute atomic E-state index is 11.0. The van der Waals surface area contributed by atoms with Crippen LogP contribution in [0.3, 0.4) is 0 Å². The van der Waals surface area contributed by atoms with Gasteiger partial charge in [0.05, 0.1) is 6.42 Å². The Morgan fingerprint density at radius 2 is 1.93 bits per heavy atom. The minimum absolute atomic E-state index is 0.161. The molecule has 1 fully saturated rings. The van der Waals surface area contributed by atoms with Crippen molar-refractivity contribution in [1.29, 1.82) is 0 Å². The van der Waals surface area contributed by atoms with Crippen LogP contribution in [0.1, 0.15) is 51.9 Å². The average Bonchev–Trinajstić information content (AvgIpc) is 2.51. The van der Waals surface area contributed by atoms with Crippen LogP contribution in [0.25, 0.3) is 0 Å². The van der Waals surface area contributed by atoms with Gasteiger partial charge in [0.1, 0.15) is 0 Å². The highest BCUT2D eigenvalue weighted by atomic mass is 16.6. The van der Waals surface area contributed by atoms with Gasteiger partial charge in [0.25, 0.3) is 0 Å². The van der Waals surface area contributed by atoms with Crippen LogP contribution in [-0.4, -0.2) is 11.9 Å². The molecular formula is C12H18O3. The van der Waals surface area contributed by atoms with Gasteiger partial charge in [-0.1, -0.05) is 38.7 Å². The summed E-state index contributed by atoms with van der Waals surface area (Å²) in [6, 6.07) is 0. The van der Waals surface area contributed by atoms with E-state index >= 15 is 0 Å². The monoisotopic (exact) mass is 210 g/mol. The third kappa shape index (κ3) is 4.28. The molecule has 0 aromatic carbocycles. The van der Waals surface area contributed by atoms with Crippen molar-refractivity contribution < 1.29 is 14.3 Å². The first-order valence-electron chi connectivity index (χ1n) is 5.68. The largest absolute Gasteiger partial charge is 0.389 e. The van der Waals surface area contributed by atoms with Gasteiger partial charge in [0.2, 0.25) is 0 Å². The maximum atomic E-state index is 11.0. The number of allylic oxidation sites excluding steroid dienone is 1. The minimum Gasteiger partial charge on any atom is -0.389 e. The van der Waals surface area contributed by atoms with Crippen molar-refractivity contribution >= 4 is 11.9 Å². The van der Waals surface area contributed by atoms with Gasteiger partial charge in [0, 0.05) is 5.57 Å². The molecule has 0 unspecified atom stereocenters. The van der Waals surface area contributed by atoms with Crippen LogP contribution < -0.4 is 0 Å². The van der Waals surface area contributed by atoms with Crippen LogP contribution in [0, 0.1) is 0 Å². The van der Waals surface area contributed by atoms with E-state index in [1.54, 1.807) is 0 Å². The number of hydrogen-bond donors (Lipinski definition) is 0. The molecule has 3 nitrogen and oxygen atoms in total. The molecule has 0 radical (unpaired) electrons. The molecule has 3 heteroatoms. The molecule has 1 aliphatic heterocycles. The van der Waals surface area contributed by atoms with Gasteiger partial charge < -0.3 is 4.74 Å². The Kier molecular flexibility index (Phi) is 5.08. The summed E-state index contributed by atoms with van der Waals surface area (Å²) in [6.45, 7) is 2.18. The molecule has 1 saturated heterocycles. The summed E-state index contributed by atoms with van der Waals surface area (Å²) < 4.78 is 4.42. The highest BCUT2D eigenvalue weighted by molar-refractivity contribution is 6.05. The first-order chi connectivity index (χ1) is 7.24. The lowest BCUT2D eigenvalue weighted by Gasteiger charge is -1.96. The zero-order chi connectivity index (χ0) is 11.1. The van der Waals surface area contributed by atoms with Gasteiger partial charge in [-0.15, -0.1) is 0 Å². The van der Waals surface area contributed by atoms with Crippen LogP contribution in [0.5, 0.6) is 0 Å². The number of hydrogen-bond acceptors (Lipinski definition) is 3. The first kappa shape index (κ1) is 12.0. The number of carbonyl (C=O) groups excluding carboxylic acids is 2. The first-order valence-corrected chi connectivity index (χ1v) is 5.68. The maximum Gasteiger partial charge on any atom is 0.341 e. The van der Waals surface area contributed by atoms with Crippen molar-refractivity contribution in [1.82, 2.24) is 0 Å². The second kappa shape index (κ2) is 6.38. The van der Waals surface area contributed by atoms with Crippen molar-refractivity contribution in [3.8, 4) is 0 Å². The van der Waals surface area contributed by atoms with Crippen LogP contribution in [-0.2, 0) is 14.3 Å². The number of esters is 2. The van der Waals surface area contributed by atoms with E-state index in [1.807, 2.05) is 6.08 Å². The van der Waals surface area contributed by atoms with Gasteiger partial charge in [-0.2, -0.15) is 0 Å². The van der Waals surface area contributed by atoms with E-state index in [2.05, 4.69) is 11.7 Å². The third-order valence-electron chi connectivity index (χ3n) is 2.50. The standard InChI is InChI=1S/C12H18O3/c1-2-3-4-5-6-7-8-10-9-11(13)15-12(10)14/h8H,2-7,9H2,1H3/b10-8-. The lowest BCUT2D eigenvalue weighted by molar-refractivity contribution is -0.151. The summed E-state index contributed by atoms with van der Waals surface area (Å²) in [6.07, 6.45) is 8.93. The Hall–Kier alpha value is -1.12. The number of cyclic esters (lactones) is 2. The van der Waals surface area contributed by atoms with E-state index < -0.39 is 11.9 Å². The lowest BCUT2D eigenvalue weighted by atomic mass is 10.1. The fourth-order valence-corrected chi connectivity index (χ4v) is 1.61. The molecule has 0 aromatic rings. The SMILES string of the molecule is CCCCCCC/C=C1/CC(=O)OC1=O. The van der Waals surface area contributed by atoms with E-state index in [0.29, 0.717) is 5.57 Å². The Bertz CT molecular complexity index is 266. The summed E-state index contributed by atoms with van der Waals surface area (Å²) in [5, 5.41) is 0. The Labute approximate surface area is 90.5 Å². The highest BCUT2D eigenvalue weighted by Gasteiger charge is 2.26. The molecule has 0 bridgehead atoms. The van der Waals surface area contributed by atoms with Gasteiger partial charge >= 0.3 is 11.9 Å². The highest BCUT2D eigenvalue weighted by Crippen LogP contribution is 2.16. The summed E-state index contributed by atoms with van der Waals surface area (Å²) in [7, 11) is 0. The minimum atomic E-state index is -0.450. The molecule has 1 rings (SSSR count). The molecule has 0 amide bonds. The molecule has 1 aliphatic rings. The predicted molar refractivity (Wildman–Crippen MR) is 57.2 cm³/mol. The number of ether oxygens (including phenoxy) is 1. The number of unbranched alkanes of at least 4 members (excludes halogenated alkanes) is 5. The molecule has 0 aliphatic carbocycles. The van der Waals surface area contributed by atoms with Crippen LogP contribution >= 0.6 is 0 Å². The van der Waals surface area contributed by atoms with Crippen molar-refractivity contribution in [3.63, 3.8) is 0 Å². The van der Waals surface area contributed by atoms with E-state index in [1.165, 1.54) is 25.7 Å². The van der Waals surface area contributed by atoms with Crippen molar-refractivity contribution in [3.05, 3.63) is 11.6 Å². The molecule has 0 saturated carbocycles. The third-order valence-corrected chi connectivity index (χ3v) is 2.50. The molecule has 84 valence electrons. The molecule has 0 aromatic heterocycles. The topological polar surface area (TPSA) is 43.4 Å². The average molecular weight is 210 g/mol. The molecule has 0 spiro atoms. The van der Waals surface area contributed by atoms with Crippen LogP contribution in [0.4, 0.5) is 0 Å². The normalized spacial score (nSPS) is 18.6. The van der Waals surface area contributed by atoms with Gasteiger partial charge in [-0.25, -0.2) is 4.79 Å². The zero-order valence-corrected chi connectivity index (χ0v) is 9.25. The lowest BCUT2D eigenvalue weighted by Crippen LogP contribution is -1.96. The van der Waals surface area contributed by atoms with E-state index in [4.69, 9.17) is 0 Å². The van der Waals surface area contributed by atoms with Crippen LogP contribution in [0.2, 0.25) is 0 Å². The van der Waals surface area contributed by atoms with E-state index in [-0.39, 0.29) is 6.42 Å². The molecular weight excluding hydrogens is 192 g/mol. The van der Waals surface area contributed by atoms with Crippen molar-refractivity contribution in [2.45, 2.75) is 51.9 Å². The molecule has 1 heterocycles. The summed E-state index contributed by atoms with van der Waals surface area (Å²) in [4.78, 5) is 21.8. The predicted octanol–water partition coefficient (Wildman–Crippen LogP) is 2.75. The van der Waals surface area contributed by atoms with E-state index in [0.717, 1.165) is 12.8 Å². The molecule has 0 atom stereocenters. The summed E-state index contributed by atoms with van der Waals surface area (Å²) in [5.41, 5.74) is 0.537. The Balaban J connectivity index is 2.15. The fourth-order valence-electron chi connectivity index (χ4n) is 1.61. The number of carbonyl (C=O) groups is 2. The fraction of sp³-hybridized carbons (Fsp3) is 0.667. The van der Waals surface area contributed by atoms with Gasteiger partial charge in [-0.3, -0.25) is 4.79 Å². The quantitative estimate of drug-likeness (QED) is 0.293. The second-order valence-electron chi connectivity index (χ2n) is 3.87. The molecule has 0 N–H and O–H groups in total. The zero-order valence-electron chi connectivity index (χ0n) is 9.25. The van der Waals surface area contributed by atoms with Gasteiger partial charge in [0.15, 0.2) is 0 Å². The number of rotatable bonds is 6. The Morgan fingerprint density at radius 1 is 1.20 bits per heavy atom.